The quantitative estimate of drug-likeness (QED) is 0.505. The van der Waals surface area contributed by atoms with Crippen molar-refractivity contribution in [2.45, 2.75) is 105 Å². The summed E-state index contributed by atoms with van der Waals surface area (Å²) in [6.45, 7) is 9.87. The van der Waals surface area contributed by atoms with E-state index in [1.54, 1.807) is 25.7 Å². The number of hydrogen-bond acceptors (Lipinski definition) is 0. The Hall–Kier alpha value is 0. The third-order valence-corrected chi connectivity index (χ3v) is 7.15. The van der Waals surface area contributed by atoms with Gasteiger partial charge in [0.25, 0.3) is 0 Å². The fourth-order valence-corrected chi connectivity index (χ4v) is 5.75. The third kappa shape index (κ3) is 5.27. The Morgan fingerprint density at radius 3 is 1.73 bits per heavy atom. The molecule has 0 spiro atoms. The lowest BCUT2D eigenvalue weighted by molar-refractivity contribution is 0.161. The molecule has 4 unspecified atom stereocenters. The Balaban J connectivity index is 1.97. The van der Waals surface area contributed by atoms with Crippen molar-refractivity contribution >= 4 is 0 Å². The van der Waals surface area contributed by atoms with Crippen molar-refractivity contribution in [2.75, 3.05) is 0 Å². The maximum Gasteiger partial charge on any atom is -0.0383 e. The average molecular weight is 307 g/mol. The van der Waals surface area contributed by atoms with Gasteiger partial charge >= 0.3 is 0 Å². The Morgan fingerprint density at radius 2 is 1.23 bits per heavy atom. The fraction of sp³-hybridized carbons (Fsp3) is 1.00. The van der Waals surface area contributed by atoms with Crippen molar-refractivity contribution in [2.24, 2.45) is 35.5 Å². The molecule has 0 amide bonds. The molecule has 0 bridgehead atoms. The topological polar surface area (TPSA) is 0 Å². The second-order valence-electron chi connectivity index (χ2n) is 9.08. The van der Waals surface area contributed by atoms with Gasteiger partial charge in [0.2, 0.25) is 0 Å². The normalized spacial score (nSPS) is 35.9. The molecular weight excluding hydrogens is 264 g/mol. The van der Waals surface area contributed by atoms with Crippen LogP contribution >= 0.6 is 0 Å². The minimum Gasteiger partial charge on any atom is -0.0651 e. The molecule has 0 aliphatic heterocycles. The summed E-state index contributed by atoms with van der Waals surface area (Å²) in [7, 11) is 0. The molecule has 2 saturated carbocycles. The minimum absolute atomic E-state index is 0.874. The first-order valence-corrected chi connectivity index (χ1v) is 10.6. The molecule has 0 saturated heterocycles. The van der Waals surface area contributed by atoms with Crippen LogP contribution < -0.4 is 0 Å². The van der Waals surface area contributed by atoms with Crippen LogP contribution in [0.2, 0.25) is 0 Å². The van der Waals surface area contributed by atoms with Crippen LogP contribution in [-0.2, 0) is 0 Å². The van der Waals surface area contributed by atoms with Gasteiger partial charge in [-0.05, 0) is 41.9 Å². The summed E-state index contributed by atoms with van der Waals surface area (Å²) < 4.78 is 0. The monoisotopic (exact) mass is 306 g/mol. The largest absolute Gasteiger partial charge is 0.0651 e. The van der Waals surface area contributed by atoms with Gasteiger partial charge < -0.3 is 0 Å². The van der Waals surface area contributed by atoms with Crippen molar-refractivity contribution in [3.63, 3.8) is 0 Å². The Morgan fingerprint density at radius 1 is 0.727 bits per heavy atom. The lowest BCUT2D eigenvalue weighted by Crippen LogP contribution is -2.24. The van der Waals surface area contributed by atoms with Gasteiger partial charge in [-0.15, -0.1) is 0 Å². The van der Waals surface area contributed by atoms with Gasteiger partial charge in [0.05, 0.1) is 0 Å². The van der Waals surface area contributed by atoms with Crippen LogP contribution in [0.1, 0.15) is 105 Å². The molecular formula is C22H42. The van der Waals surface area contributed by atoms with Gasteiger partial charge in [0, 0.05) is 0 Å². The van der Waals surface area contributed by atoms with E-state index in [2.05, 4.69) is 27.7 Å². The minimum atomic E-state index is 0.874. The van der Waals surface area contributed by atoms with Crippen LogP contribution in [0.4, 0.5) is 0 Å². The molecule has 0 nitrogen and oxygen atoms in total. The fourth-order valence-electron chi connectivity index (χ4n) is 5.75. The molecule has 2 aliphatic carbocycles. The molecule has 0 aromatic carbocycles. The highest BCUT2D eigenvalue weighted by molar-refractivity contribution is 4.80. The molecule has 0 aromatic heterocycles. The summed E-state index contributed by atoms with van der Waals surface area (Å²) in [4.78, 5) is 0. The van der Waals surface area contributed by atoms with Crippen LogP contribution in [0.25, 0.3) is 0 Å². The maximum atomic E-state index is 2.58. The molecule has 0 heteroatoms. The summed E-state index contributed by atoms with van der Waals surface area (Å²) >= 11 is 0. The molecule has 0 N–H and O–H groups in total. The lowest BCUT2D eigenvalue weighted by Gasteiger charge is -2.35. The maximum absolute atomic E-state index is 2.58. The van der Waals surface area contributed by atoms with E-state index in [0.29, 0.717) is 0 Å². The zero-order valence-corrected chi connectivity index (χ0v) is 15.9. The van der Waals surface area contributed by atoms with Gasteiger partial charge in [0.15, 0.2) is 0 Å². The van der Waals surface area contributed by atoms with Gasteiger partial charge in [-0.2, -0.15) is 0 Å². The van der Waals surface area contributed by atoms with E-state index in [9.17, 15) is 0 Å². The zero-order valence-electron chi connectivity index (χ0n) is 15.9. The predicted octanol–water partition coefficient (Wildman–Crippen LogP) is 7.47. The zero-order chi connectivity index (χ0) is 15.9. The van der Waals surface area contributed by atoms with Crippen molar-refractivity contribution in [1.29, 1.82) is 0 Å². The van der Waals surface area contributed by atoms with Crippen LogP contribution in [0, 0.1) is 35.5 Å². The first-order chi connectivity index (χ1) is 10.6. The highest BCUT2D eigenvalue weighted by Gasteiger charge is 2.29. The summed E-state index contributed by atoms with van der Waals surface area (Å²) in [5.41, 5.74) is 0. The Labute approximate surface area is 140 Å². The SMILES string of the molecule is CCC1CCCC(C2CCCC2)CCCC(CC(C)C)C1C. The molecule has 2 fully saturated rings. The lowest BCUT2D eigenvalue weighted by atomic mass is 9.71. The Kier molecular flexibility index (Phi) is 7.78. The first kappa shape index (κ1) is 18.3. The van der Waals surface area contributed by atoms with Crippen molar-refractivity contribution in [1.82, 2.24) is 0 Å². The summed E-state index contributed by atoms with van der Waals surface area (Å²) in [5, 5.41) is 0. The summed E-state index contributed by atoms with van der Waals surface area (Å²) in [5.74, 6) is 5.99. The standard InChI is InChI=1S/C22H42/c1-5-19-12-8-13-21(20-10-6-7-11-20)14-9-15-22(18(19)4)16-17(2)3/h17-22H,5-16H2,1-4H3. The highest BCUT2D eigenvalue weighted by atomic mass is 14.3. The van der Waals surface area contributed by atoms with Crippen LogP contribution in [0.3, 0.4) is 0 Å². The van der Waals surface area contributed by atoms with Crippen LogP contribution in [-0.4, -0.2) is 0 Å². The van der Waals surface area contributed by atoms with Gasteiger partial charge in [-0.25, -0.2) is 0 Å². The summed E-state index contributed by atoms with van der Waals surface area (Å²) in [6.07, 6.45) is 18.1. The highest BCUT2D eigenvalue weighted by Crippen LogP contribution is 2.41. The number of hydrogen-bond donors (Lipinski definition) is 0. The van der Waals surface area contributed by atoms with Crippen molar-refractivity contribution in [3.8, 4) is 0 Å². The summed E-state index contributed by atoms with van der Waals surface area (Å²) in [6, 6.07) is 0. The second-order valence-corrected chi connectivity index (χ2v) is 9.08. The van der Waals surface area contributed by atoms with Gasteiger partial charge in [-0.3, -0.25) is 0 Å². The van der Waals surface area contributed by atoms with E-state index in [1.807, 2.05) is 0 Å². The molecule has 2 rings (SSSR count). The van der Waals surface area contributed by atoms with Gasteiger partial charge in [-0.1, -0.05) is 98.3 Å². The van der Waals surface area contributed by atoms with Crippen molar-refractivity contribution < 1.29 is 0 Å². The molecule has 0 heterocycles. The molecule has 2 aliphatic rings. The molecule has 22 heavy (non-hydrogen) atoms. The van der Waals surface area contributed by atoms with Crippen molar-refractivity contribution in [3.05, 3.63) is 0 Å². The predicted molar refractivity (Wildman–Crippen MR) is 99.0 cm³/mol. The van der Waals surface area contributed by atoms with E-state index in [4.69, 9.17) is 0 Å². The smallest absolute Gasteiger partial charge is 0.0383 e. The number of rotatable bonds is 4. The van der Waals surface area contributed by atoms with E-state index in [1.165, 1.54) is 51.4 Å². The van der Waals surface area contributed by atoms with E-state index in [-0.39, 0.29) is 0 Å². The van der Waals surface area contributed by atoms with E-state index < -0.39 is 0 Å². The average Bonchev–Trinajstić information content (AvgIpc) is 3.01. The van der Waals surface area contributed by atoms with Gasteiger partial charge in [0.1, 0.15) is 0 Å². The third-order valence-electron chi connectivity index (χ3n) is 7.15. The van der Waals surface area contributed by atoms with Crippen LogP contribution in [0.5, 0.6) is 0 Å². The molecule has 0 aromatic rings. The first-order valence-electron chi connectivity index (χ1n) is 10.6. The van der Waals surface area contributed by atoms with E-state index in [0.717, 1.165) is 35.5 Å². The molecule has 0 radical (unpaired) electrons. The second kappa shape index (κ2) is 9.33. The van der Waals surface area contributed by atoms with E-state index >= 15 is 0 Å². The molecule has 130 valence electrons. The Bertz CT molecular complexity index is 286. The van der Waals surface area contributed by atoms with Crippen LogP contribution in [0.15, 0.2) is 0 Å². The molecule has 4 atom stereocenters.